The van der Waals surface area contributed by atoms with Gasteiger partial charge in [0.2, 0.25) is 0 Å². The van der Waals surface area contributed by atoms with Crippen LogP contribution in [0.5, 0.6) is 0 Å². The molecule has 0 bridgehead atoms. The van der Waals surface area contributed by atoms with Crippen molar-refractivity contribution in [3.05, 3.63) is 58.1 Å². The van der Waals surface area contributed by atoms with Crippen molar-refractivity contribution in [2.24, 2.45) is 0 Å². The van der Waals surface area contributed by atoms with Gasteiger partial charge in [-0.1, -0.05) is 34.1 Å². The first-order valence-corrected chi connectivity index (χ1v) is 7.78. The molecule has 1 heterocycles. The molecule has 1 N–H and O–H groups in total. The normalized spacial score (nSPS) is 21.5. The largest absolute Gasteiger partial charge is 0.308 e. The summed E-state index contributed by atoms with van der Waals surface area (Å²) in [6, 6.07) is 11.1. The third kappa shape index (κ3) is 3.07. The fourth-order valence-corrected chi connectivity index (χ4v) is 3.31. The number of benzene rings is 1. The van der Waals surface area contributed by atoms with E-state index >= 15 is 0 Å². The molecule has 0 radical (unpaired) electrons. The standard InChI is InChI=1S/C16H18BrN3/c1-11-18-7-6-13(20-11)10-19-14-8-12(9-14)15-4-2-3-5-16(15)17/h2-7,12,14,19H,8-10H2,1H3. The zero-order valence-electron chi connectivity index (χ0n) is 11.5. The zero-order chi connectivity index (χ0) is 13.9. The second-order valence-corrected chi connectivity index (χ2v) is 6.22. The van der Waals surface area contributed by atoms with Crippen molar-refractivity contribution in [2.75, 3.05) is 0 Å². The molecule has 4 heteroatoms. The summed E-state index contributed by atoms with van der Waals surface area (Å²) in [4.78, 5) is 8.53. The lowest BCUT2D eigenvalue weighted by Crippen LogP contribution is -2.39. The highest BCUT2D eigenvalue weighted by Crippen LogP contribution is 2.39. The maximum Gasteiger partial charge on any atom is 0.125 e. The average molecular weight is 332 g/mol. The minimum atomic E-state index is 0.599. The van der Waals surface area contributed by atoms with E-state index in [0.717, 1.165) is 18.1 Å². The molecule has 0 spiro atoms. The van der Waals surface area contributed by atoms with Crippen molar-refractivity contribution >= 4 is 15.9 Å². The molecule has 1 aromatic heterocycles. The van der Waals surface area contributed by atoms with E-state index in [9.17, 15) is 0 Å². The topological polar surface area (TPSA) is 37.8 Å². The van der Waals surface area contributed by atoms with Gasteiger partial charge in [-0.2, -0.15) is 0 Å². The Morgan fingerprint density at radius 2 is 2.05 bits per heavy atom. The summed E-state index contributed by atoms with van der Waals surface area (Å²) >= 11 is 3.64. The first kappa shape index (κ1) is 13.7. The minimum Gasteiger partial charge on any atom is -0.308 e. The van der Waals surface area contributed by atoms with E-state index in [4.69, 9.17) is 0 Å². The molecule has 104 valence electrons. The highest BCUT2D eigenvalue weighted by Gasteiger charge is 2.30. The Balaban J connectivity index is 1.50. The fraction of sp³-hybridized carbons (Fsp3) is 0.375. The lowest BCUT2D eigenvalue weighted by Gasteiger charge is -2.36. The summed E-state index contributed by atoms with van der Waals surface area (Å²) < 4.78 is 1.23. The van der Waals surface area contributed by atoms with Crippen molar-refractivity contribution in [1.29, 1.82) is 0 Å². The van der Waals surface area contributed by atoms with Crippen molar-refractivity contribution in [3.8, 4) is 0 Å². The average Bonchev–Trinajstić information content (AvgIpc) is 2.39. The van der Waals surface area contributed by atoms with Crippen molar-refractivity contribution in [1.82, 2.24) is 15.3 Å². The van der Waals surface area contributed by atoms with Crippen LogP contribution in [0, 0.1) is 6.92 Å². The molecule has 1 aliphatic carbocycles. The lowest BCUT2D eigenvalue weighted by molar-refractivity contribution is 0.288. The Labute approximate surface area is 128 Å². The SMILES string of the molecule is Cc1nccc(CNC2CC(c3ccccc3Br)C2)n1. The van der Waals surface area contributed by atoms with E-state index in [1.807, 2.05) is 19.2 Å². The molecule has 20 heavy (non-hydrogen) atoms. The van der Waals surface area contributed by atoms with Crippen LogP contribution in [0.3, 0.4) is 0 Å². The smallest absolute Gasteiger partial charge is 0.125 e. The number of nitrogens with one attached hydrogen (secondary N) is 1. The second kappa shape index (κ2) is 6.02. The van der Waals surface area contributed by atoms with Gasteiger partial charge in [-0.25, -0.2) is 9.97 Å². The highest BCUT2D eigenvalue weighted by atomic mass is 79.9. The first-order chi connectivity index (χ1) is 9.72. The van der Waals surface area contributed by atoms with Gasteiger partial charge in [0.25, 0.3) is 0 Å². The molecule has 0 unspecified atom stereocenters. The quantitative estimate of drug-likeness (QED) is 0.930. The van der Waals surface area contributed by atoms with Gasteiger partial charge in [0.1, 0.15) is 5.82 Å². The molecule has 3 nitrogen and oxygen atoms in total. The van der Waals surface area contributed by atoms with Gasteiger partial charge in [0, 0.05) is 23.3 Å². The van der Waals surface area contributed by atoms with E-state index in [-0.39, 0.29) is 0 Å². The number of aryl methyl sites for hydroxylation is 1. The predicted octanol–water partition coefficient (Wildman–Crippen LogP) is 3.58. The van der Waals surface area contributed by atoms with Gasteiger partial charge < -0.3 is 5.32 Å². The number of halogens is 1. The summed E-state index contributed by atoms with van der Waals surface area (Å²) in [6.45, 7) is 2.76. The van der Waals surface area contributed by atoms with Crippen LogP contribution < -0.4 is 5.32 Å². The van der Waals surface area contributed by atoms with E-state index < -0.39 is 0 Å². The van der Waals surface area contributed by atoms with Crippen molar-refractivity contribution in [2.45, 2.75) is 38.3 Å². The van der Waals surface area contributed by atoms with Crippen LogP contribution >= 0.6 is 15.9 Å². The molecule has 0 atom stereocenters. The van der Waals surface area contributed by atoms with Crippen LogP contribution in [0.1, 0.15) is 35.8 Å². The second-order valence-electron chi connectivity index (χ2n) is 5.36. The molecule has 1 aliphatic rings. The predicted molar refractivity (Wildman–Crippen MR) is 83.5 cm³/mol. The monoisotopic (exact) mass is 331 g/mol. The summed E-state index contributed by atoms with van der Waals surface area (Å²) in [5, 5.41) is 3.58. The maximum absolute atomic E-state index is 4.41. The minimum absolute atomic E-state index is 0.599. The third-order valence-corrected chi connectivity index (χ3v) is 4.61. The van der Waals surface area contributed by atoms with Crippen LogP contribution in [0.4, 0.5) is 0 Å². The highest BCUT2D eigenvalue weighted by molar-refractivity contribution is 9.10. The summed E-state index contributed by atoms with van der Waals surface area (Å²) in [5.74, 6) is 1.51. The van der Waals surface area contributed by atoms with E-state index in [1.165, 1.54) is 22.9 Å². The van der Waals surface area contributed by atoms with Crippen LogP contribution in [0.25, 0.3) is 0 Å². The Bertz CT molecular complexity index is 594. The number of hydrogen-bond donors (Lipinski definition) is 1. The molecule has 0 saturated heterocycles. The summed E-state index contributed by atoms with van der Waals surface area (Å²) in [6.07, 6.45) is 4.23. The lowest BCUT2D eigenvalue weighted by atomic mass is 9.76. The molecule has 0 aliphatic heterocycles. The van der Waals surface area contributed by atoms with Gasteiger partial charge in [-0.15, -0.1) is 0 Å². The van der Waals surface area contributed by atoms with Crippen LogP contribution in [0.2, 0.25) is 0 Å². The Morgan fingerprint density at radius 3 is 2.80 bits per heavy atom. The maximum atomic E-state index is 4.41. The first-order valence-electron chi connectivity index (χ1n) is 6.98. The van der Waals surface area contributed by atoms with Crippen LogP contribution in [-0.2, 0) is 6.54 Å². The van der Waals surface area contributed by atoms with Crippen LogP contribution in [-0.4, -0.2) is 16.0 Å². The summed E-state index contributed by atoms with van der Waals surface area (Å²) in [5.41, 5.74) is 2.50. The van der Waals surface area contributed by atoms with E-state index in [2.05, 4.69) is 55.5 Å². The number of aromatic nitrogens is 2. The Kier molecular flexibility index (Phi) is 4.13. The van der Waals surface area contributed by atoms with E-state index in [1.54, 1.807) is 0 Å². The molecule has 1 aromatic carbocycles. The number of hydrogen-bond acceptors (Lipinski definition) is 3. The molecule has 0 amide bonds. The van der Waals surface area contributed by atoms with Crippen LogP contribution in [0.15, 0.2) is 41.0 Å². The molecule has 1 fully saturated rings. The molecule has 2 aromatic rings. The molecule has 3 rings (SSSR count). The number of nitrogens with zero attached hydrogens (tertiary/aromatic N) is 2. The number of rotatable bonds is 4. The van der Waals surface area contributed by atoms with Gasteiger partial charge in [0.15, 0.2) is 0 Å². The van der Waals surface area contributed by atoms with Gasteiger partial charge in [0.05, 0.1) is 5.69 Å². The van der Waals surface area contributed by atoms with Crippen molar-refractivity contribution in [3.63, 3.8) is 0 Å². The molecule has 1 saturated carbocycles. The Hall–Kier alpha value is -1.26. The Morgan fingerprint density at radius 1 is 1.25 bits per heavy atom. The van der Waals surface area contributed by atoms with Gasteiger partial charge >= 0.3 is 0 Å². The molecular weight excluding hydrogens is 314 g/mol. The molecular formula is C16H18BrN3. The summed E-state index contributed by atoms with van der Waals surface area (Å²) in [7, 11) is 0. The third-order valence-electron chi connectivity index (χ3n) is 3.89. The zero-order valence-corrected chi connectivity index (χ0v) is 13.1. The van der Waals surface area contributed by atoms with E-state index in [0.29, 0.717) is 12.0 Å². The van der Waals surface area contributed by atoms with Crippen molar-refractivity contribution < 1.29 is 0 Å². The fourth-order valence-electron chi connectivity index (χ4n) is 2.70. The van der Waals surface area contributed by atoms with Gasteiger partial charge in [-0.3, -0.25) is 0 Å². The van der Waals surface area contributed by atoms with Gasteiger partial charge in [-0.05, 0) is 43.4 Å².